The third-order valence-electron chi connectivity index (χ3n) is 3.76. The molecule has 4 N–H and O–H groups in total. The molecule has 1 aliphatic heterocycles. The average Bonchev–Trinajstić information content (AvgIpc) is 3.02. The van der Waals surface area contributed by atoms with Gasteiger partial charge in [-0.2, -0.15) is 0 Å². The Morgan fingerprint density at radius 1 is 1.16 bits per heavy atom. The lowest BCUT2D eigenvalue weighted by Crippen LogP contribution is -2.57. The first-order chi connectivity index (χ1) is 12.0. The molecule has 0 radical (unpaired) electrons. The van der Waals surface area contributed by atoms with E-state index in [1.165, 1.54) is 11.3 Å². The molecule has 3 rings (SSSR count). The van der Waals surface area contributed by atoms with Crippen LogP contribution in [0.2, 0.25) is 5.02 Å². The molecule has 1 saturated heterocycles. The highest BCUT2D eigenvalue weighted by molar-refractivity contribution is 8.01. The minimum Gasteiger partial charge on any atom is -0.394 e. The highest BCUT2D eigenvalue weighted by Crippen LogP contribution is 2.35. The van der Waals surface area contributed by atoms with Crippen LogP contribution < -0.4 is 0 Å². The Bertz CT molecular complexity index is 717. The van der Waals surface area contributed by atoms with Crippen molar-refractivity contribution in [1.82, 2.24) is 10.2 Å². The van der Waals surface area contributed by atoms with E-state index in [0.717, 1.165) is 22.3 Å². The van der Waals surface area contributed by atoms with E-state index in [1.54, 1.807) is 6.07 Å². The van der Waals surface area contributed by atoms with E-state index in [2.05, 4.69) is 10.2 Å². The molecule has 136 valence electrons. The quantitative estimate of drug-likeness (QED) is 0.574. The van der Waals surface area contributed by atoms with Crippen molar-refractivity contribution >= 4 is 34.7 Å². The van der Waals surface area contributed by atoms with Crippen LogP contribution in [0.4, 0.5) is 0 Å². The Kier molecular flexibility index (Phi) is 6.29. The van der Waals surface area contributed by atoms with Crippen LogP contribution in [-0.4, -0.2) is 67.1 Å². The molecular formula is C15H17ClN2O5S2. The van der Waals surface area contributed by atoms with E-state index in [4.69, 9.17) is 16.3 Å². The van der Waals surface area contributed by atoms with Gasteiger partial charge in [-0.1, -0.05) is 46.8 Å². The van der Waals surface area contributed by atoms with Gasteiger partial charge in [-0.3, -0.25) is 0 Å². The Morgan fingerprint density at radius 2 is 1.96 bits per heavy atom. The van der Waals surface area contributed by atoms with Crippen LogP contribution in [0.15, 0.2) is 28.6 Å². The lowest BCUT2D eigenvalue weighted by atomic mass is 10.0. The largest absolute Gasteiger partial charge is 0.394 e. The number of aliphatic hydroxyl groups excluding tert-OH is 4. The van der Waals surface area contributed by atoms with E-state index >= 15 is 0 Å². The summed E-state index contributed by atoms with van der Waals surface area (Å²) in [5.41, 5.74) is 0.149. The first kappa shape index (κ1) is 19.0. The van der Waals surface area contributed by atoms with Crippen molar-refractivity contribution in [1.29, 1.82) is 0 Å². The SMILES string of the molecule is OC[C@H]1O[C@@H](Sc2nnc(Cc3cccc(Cl)c3)s2)[C@H](O)[C@@H](O)[C@@H]1O. The molecule has 1 aromatic heterocycles. The van der Waals surface area contributed by atoms with Gasteiger partial charge in [0, 0.05) is 11.4 Å². The van der Waals surface area contributed by atoms with Crippen LogP contribution in [0, 0.1) is 0 Å². The maximum absolute atomic E-state index is 10.1. The fourth-order valence-corrected chi connectivity index (χ4v) is 4.81. The molecule has 0 spiro atoms. The molecule has 1 aliphatic rings. The Balaban J connectivity index is 1.66. The molecule has 7 nitrogen and oxygen atoms in total. The third kappa shape index (κ3) is 4.50. The first-order valence-electron chi connectivity index (χ1n) is 7.52. The van der Waals surface area contributed by atoms with Crippen molar-refractivity contribution in [2.75, 3.05) is 6.61 Å². The second-order valence-corrected chi connectivity index (χ2v) is 8.43. The van der Waals surface area contributed by atoms with E-state index in [1.807, 2.05) is 18.2 Å². The second-order valence-electron chi connectivity index (χ2n) is 5.58. The number of benzene rings is 1. The number of halogens is 1. The molecule has 0 aliphatic carbocycles. The molecule has 2 aromatic rings. The smallest absolute Gasteiger partial charge is 0.176 e. The summed E-state index contributed by atoms with van der Waals surface area (Å²) in [5, 5.41) is 48.5. The highest BCUT2D eigenvalue weighted by Gasteiger charge is 2.44. The van der Waals surface area contributed by atoms with Crippen LogP contribution in [0.3, 0.4) is 0 Å². The van der Waals surface area contributed by atoms with Gasteiger partial charge in [0.05, 0.1) is 6.61 Å². The maximum atomic E-state index is 10.1. The van der Waals surface area contributed by atoms with Gasteiger partial charge in [-0.25, -0.2) is 0 Å². The lowest BCUT2D eigenvalue weighted by molar-refractivity contribution is -0.205. The fourth-order valence-electron chi connectivity index (χ4n) is 2.44. The zero-order valence-electron chi connectivity index (χ0n) is 12.9. The Morgan fingerprint density at radius 3 is 2.68 bits per heavy atom. The standard InChI is InChI=1S/C15H17ClN2O5S2/c16-8-3-1-2-7(4-8)5-10-17-18-15(24-10)25-14-13(22)12(21)11(20)9(6-19)23-14/h1-4,9,11-14,19-22H,5-6H2/t9-,11-,12+,13-,14+/m1/s1. The zero-order chi connectivity index (χ0) is 18.0. The van der Waals surface area contributed by atoms with Crippen LogP contribution in [0.25, 0.3) is 0 Å². The second kappa shape index (κ2) is 8.28. The predicted molar refractivity (Wildman–Crippen MR) is 93.8 cm³/mol. The Labute approximate surface area is 157 Å². The molecular weight excluding hydrogens is 388 g/mol. The molecule has 10 heteroatoms. The molecule has 25 heavy (non-hydrogen) atoms. The number of thioether (sulfide) groups is 1. The number of hydrogen-bond donors (Lipinski definition) is 4. The summed E-state index contributed by atoms with van der Waals surface area (Å²) in [5.74, 6) is 0. The van der Waals surface area contributed by atoms with E-state index in [0.29, 0.717) is 15.8 Å². The number of aromatic nitrogens is 2. The summed E-state index contributed by atoms with van der Waals surface area (Å²) in [6.07, 6.45) is -4.43. The van der Waals surface area contributed by atoms with Gasteiger partial charge >= 0.3 is 0 Å². The summed E-state index contributed by atoms with van der Waals surface area (Å²) in [4.78, 5) is 0. The van der Waals surface area contributed by atoms with E-state index in [-0.39, 0.29) is 0 Å². The summed E-state index contributed by atoms with van der Waals surface area (Å²) < 4.78 is 6.01. The summed E-state index contributed by atoms with van der Waals surface area (Å²) in [6.45, 7) is -0.460. The van der Waals surface area contributed by atoms with Crippen LogP contribution in [0.5, 0.6) is 0 Å². The predicted octanol–water partition coefficient (Wildman–Crippen LogP) is 0.674. The number of nitrogens with zero attached hydrogens (tertiary/aromatic N) is 2. The highest BCUT2D eigenvalue weighted by atomic mass is 35.5. The minimum atomic E-state index is -1.40. The molecule has 5 atom stereocenters. The summed E-state index contributed by atoms with van der Waals surface area (Å²) in [7, 11) is 0. The van der Waals surface area contributed by atoms with Gasteiger partial charge in [0.1, 0.15) is 34.9 Å². The van der Waals surface area contributed by atoms with Gasteiger partial charge in [0.25, 0.3) is 0 Å². The minimum absolute atomic E-state index is 0.460. The summed E-state index contributed by atoms with van der Waals surface area (Å²) >= 11 is 8.40. The van der Waals surface area contributed by atoms with Gasteiger partial charge in [-0.05, 0) is 17.7 Å². The molecule has 0 bridgehead atoms. The van der Waals surface area contributed by atoms with Crippen molar-refractivity contribution in [3.05, 3.63) is 39.9 Å². The van der Waals surface area contributed by atoms with E-state index in [9.17, 15) is 20.4 Å². The third-order valence-corrected chi connectivity index (χ3v) is 6.16. The van der Waals surface area contributed by atoms with Gasteiger partial charge in [-0.15, -0.1) is 10.2 Å². The molecule has 0 amide bonds. The average molecular weight is 405 g/mol. The molecule has 0 unspecified atom stereocenters. The van der Waals surface area contributed by atoms with Crippen molar-refractivity contribution in [3.8, 4) is 0 Å². The van der Waals surface area contributed by atoms with Crippen molar-refractivity contribution in [3.63, 3.8) is 0 Å². The number of ether oxygens (including phenoxy) is 1. The van der Waals surface area contributed by atoms with Gasteiger partial charge in [0.15, 0.2) is 4.34 Å². The van der Waals surface area contributed by atoms with Crippen LogP contribution >= 0.6 is 34.7 Å². The van der Waals surface area contributed by atoms with Crippen molar-refractivity contribution in [2.45, 2.75) is 40.6 Å². The number of hydrogen-bond acceptors (Lipinski definition) is 9. The zero-order valence-corrected chi connectivity index (χ0v) is 15.3. The van der Waals surface area contributed by atoms with Crippen molar-refractivity contribution < 1.29 is 25.2 Å². The first-order valence-corrected chi connectivity index (χ1v) is 9.59. The normalized spacial score (nSPS) is 29.7. The molecule has 2 heterocycles. The van der Waals surface area contributed by atoms with Crippen molar-refractivity contribution in [2.24, 2.45) is 0 Å². The van der Waals surface area contributed by atoms with Gasteiger partial charge < -0.3 is 25.2 Å². The van der Waals surface area contributed by atoms with Crippen LogP contribution in [0.1, 0.15) is 10.6 Å². The number of aliphatic hydroxyl groups is 4. The summed E-state index contributed by atoms with van der Waals surface area (Å²) in [6, 6.07) is 7.46. The number of rotatable bonds is 5. The fraction of sp³-hybridized carbons (Fsp3) is 0.467. The monoisotopic (exact) mass is 404 g/mol. The van der Waals surface area contributed by atoms with Crippen LogP contribution in [-0.2, 0) is 11.2 Å². The molecule has 0 saturated carbocycles. The molecule has 1 fully saturated rings. The molecule has 1 aromatic carbocycles. The topological polar surface area (TPSA) is 116 Å². The Hall–Kier alpha value is -0.780. The maximum Gasteiger partial charge on any atom is 0.176 e. The lowest BCUT2D eigenvalue weighted by Gasteiger charge is -2.39. The van der Waals surface area contributed by atoms with Gasteiger partial charge in [0.2, 0.25) is 0 Å². The van der Waals surface area contributed by atoms with E-state index < -0.39 is 36.5 Å².